The molecule has 78 valence electrons. The third-order valence-corrected chi connectivity index (χ3v) is 2.85. The van der Waals surface area contributed by atoms with E-state index in [4.69, 9.17) is 5.73 Å². The number of nitrogens with one attached hydrogen (secondary N) is 1. The molecule has 2 aromatic rings. The van der Waals surface area contributed by atoms with Crippen molar-refractivity contribution in [2.45, 2.75) is 20.4 Å². The van der Waals surface area contributed by atoms with E-state index in [0.717, 1.165) is 16.5 Å². The fraction of sp³-hybridized carbons (Fsp3) is 0.250. The topological polar surface area (TPSA) is 58.9 Å². The molecule has 3 N–H and O–H groups in total. The summed E-state index contributed by atoms with van der Waals surface area (Å²) in [4.78, 5) is 14.5. The van der Waals surface area contributed by atoms with Crippen LogP contribution in [0.5, 0.6) is 0 Å². The minimum absolute atomic E-state index is 0.0845. The standard InChI is InChI=1S/C12H14N2O/c1-7-3-4-9-5-10(6-13)12(15)14-11(9)8(7)2/h3-5H,6,13H2,1-2H3,(H,14,15). The van der Waals surface area contributed by atoms with Crippen LogP contribution in [0.3, 0.4) is 0 Å². The van der Waals surface area contributed by atoms with Crippen LogP contribution < -0.4 is 11.3 Å². The largest absolute Gasteiger partial charge is 0.326 e. The Labute approximate surface area is 87.9 Å². The molecule has 3 nitrogen and oxygen atoms in total. The zero-order valence-corrected chi connectivity index (χ0v) is 8.92. The number of nitrogens with two attached hydrogens (primary N) is 1. The lowest BCUT2D eigenvalue weighted by Gasteiger charge is -2.06. The van der Waals surface area contributed by atoms with E-state index in [1.54, 1.807) is 0 Å². The highest BCUT2D eigenvalue weighted by Crippen LogP contribution is 2.18. The molecule has 0 aliphatic carbocycles. The molecule has 0 fully saturated rings. The summed E-state index contributed by atoms with van der Waals surface area (Å²) in [7, 11) is 0. The molecule has 0 unspecified atom stereocenters. The van der Waals surface area contributed by atoms with Crippen molar-refractivity contribution in [1.29, 1.82) is 0 Å². The molecule has 0 aliphatic rings. The lowest BCUT2D eigenvalue weighted by Crippen LogP contribution is -2.16. The van der Waals surface area contributed by atoms with Crippen molar-refractivity contribution in [2.75, 3.05) is 0 Å². The van der Waals surface area contributed by atoms with Crippen molar-refractivity contribution >= 4 is 10.9 Å². The van der Waals surface area contributed by atoms with E-state index in [9.17, 15) is 4.79 Å². The Morgan fingerprint density at radius 3 is 2.73 bits per heavy atom. The lowest BCUT2D eigenvalue weighted by atomic mass is 10.0. The number of aryl methyl sites for hydroxylation is 2. The second-order valence-electron chi connectivity index (χ2n) is 3.80. The number of aromatic nitrogens is 1. The average molecular weight is 202 g/mol. The van der Waals surface area contributed by atoms with Gasteiger partial charge in [-0.25, -0.2) is 0 Å². The van der Waals surface area contributed by atoms with Crippen LogP contribution in [0.15, 0.2) is 23.0 Å². The van der Waals surface area contributed by atoms with Gasteiger partial charge in [0.15, 0.2) is 0 Å². The summed E-state index contributed by atoms with van der Waals surface area (Å²) in [6, 6.07) is 5.92. The molecule has 0 bridgehead atoms. The van der Waals surface area contributed by atoms with E-state index in [-0.39, 0.29) is 12.1 Å². The van der Waals surface area contributed by atoms with Crippen molar-refractivity contribution < 1.29 is 0 Å². The van der Waals surface area contributed by atoms with Crippen LogP contribution >= 0.6 is 0 Å². The maximum Gasteiger partial charge on any atom is 0.252 e. The predicted molar refractivity (Wildman–Crippen MR) is 61.9 cm³/mol. The molecule has 0 saturated heterocycles. The van der Waals surface area contributed by atoms with Crippen molar-refractivity contribution in [1.82, 2.24) is 4.98 Å². The molecule has 15 heavy (non-hydrogen) atoms. The first kappa shape index (κ1) is 9.93. The number of fused-ring (bicyclic) bond motifs is 1. The van der Waals surface area contributed by atoms with E-state index < -0.39 is 0 Å². The maximum absolute atomic E-state index is 11.6. The van der Waals surface area contributed by atoms with Gasteiger partial charge in [0.2, 0.25) is 0 Å². The highest BCUT2D eigenvalue weighted by Gasteiger charge is 2.04. The van der Waals surface area contributed by atoms with Gasteiger partial charge in [0.25, 0.3) is 5.56 Å². The van der Waals surface area contributed by atoms with Gasteiger partial charge >= 0.3 is 0 Å². The number of hydrogen-bond donors (Lipinski definition) is 2. The maximum atomic E-state index is 11.6. The molecule has 1 aromatic carbocycles. The van der Waals surface area contributed by atoms with Gasteiger partial charge in [-0.3, -0.25) is 4.79 Å². The monoisotopic (exact) mass is 202 g/mol. The first-order chi connectivity index (χ1) is 7.13. The third-order valence-electron chi connectivity index (χ3n) is 2.85. The lowest BCUT2D eigenvalue weighted by molar-refractivity contribution is 1.03. The van der Waals surface area contributed by atoms with Gasteiger partial charge in [-0.15, -0.1) is 0 Å². The number of aromatic amines is 1. The number of benzene rings is 1. The van der Waals surface area contributed by atoms with Crippen LogP contribution in [0.25, 0.3) is 10.9 Å². The highest BCUT2D eigenvalue weighted by atomic mass is 16.1. The van der Waals surface area contributed by atoms with Gasteiger partial charge in [0, 0.05) is 12.1 Å². The van der Waals surface area contributed by atoms with E-state index >= 15 is 0 Å². The van der Waals surface area contributed by atoms with E-state index in [0.29, 0.717) is 5.56 Å². The quantitative estimate of drug-likeness (QED) is 0.738. The molecular formula is C12H14N2O. The number of rotatable bonds is 1. The summed E-state index contributed by atoms with van der Waals surface area (Å²) < 4.78 is 0. The molecule has 0 aliphatic heterocycles. The summed E-state index contributed by atoms with van der Waals surface area (Å²) in [5, 5.41) is 1.04. The van der Waals surface area contributed by atoms with Gasteiger partial charge in [-0.2, -0.15) is 0 Å². The molecule has 0 amide bonds. The Bertz CT molecular complexity index is 570. The van der Waals surface area contributed by atoms with Crippen molar-refractivity contribution in [3.8, 4) is 0 Å². The Morgan fingerprint density at radius 2 is 2.07 bits per heavy atom. The fourth-order valence-corrected chi connectivity index (χ4v) is 1.72. The van der Waals surface area contributed by atoms with Crippen LogP contribution in [0.2, 0.25) is 0 Å². The third kappa shape index (κ3) is 1.55. The van der Waals surface area contributed by atoms with Gasteiger partial charge in [0.05, 0.1) is 5.52 Å². The van der Waals surface area contributed by atoms with Crippen LogP contribution in [-0.4, -0.2) is 4.98 Å². The van der Waals surface area contributed by atoms with E-state index in [1.165, 1.54) is 5.56 Å². The number of hydrogen-bond acceptors (Lipinski definition) is 2. The molecule has 0 radical (unpaired) electrons. The highest BCUT2D eigenvalue weighted by molar-refractivity contribution is 5.83. The van der Waals surface area contributed by atoms with Gasteiger partial charge in [-0.1, -0.05) is 12.1 Å². The summed E-state index contributed by atoms with van der Waals surface area (Å²) in [6.45, 7) is 4.32. The van der Waals surface area contributed by atoms with Gasteiger partial charge < -0.3 is 10.7 Å². The Kier molecular flexibility index (Phi) is 2.32. The molecule has 3 heteroatoms. The molecule has 1 heterocycles. The first-order valence-corrected chi connectivity index (χ1v) is 4.95. The molecular weight excluding hydrogens is 188 g/mol. The van der Waals surface area contributed by atoms with Crippen LogP contribution in [-0.2, 0) is 6.54 Å². The summed E-state index contributed by atoms with van der Waals surface area (Å²) >= 11 is 0. The van der Waals surface area contributed by atoms with Crippen LogP contribution in [0.4, 0.5) is 0 Å². The van der Waals surface area contributed by atoms with Gasteiger partial charge in [-0.05, 0) is 36.4 Å². The average Bonchev–Trinajstić information content (AvgIpc) is 2.24. The minimum Gasteiger partial charge on any atom is -0.326 e. The Morgan fingerprint density at radius 1 is 1.33 bits per heavy atom. The summed E-state index contributed by atoms with van der Waals surface area (Å²) in [6.07, 6.45) is 0. The van der Waals surface area contributed by atoms with E-state index in [2.05, 4.69) is 11.1 Å². The van der Waals surface area contributed by atoms with Gasteiger partial charge in [0.1, 0.15) is 0 Å². The Balaban J connectivity index is 2.87. The second-order valence-corrected chi connectivity index (χ2v) is 3.80. The van der Waals surface area contributed by atoms with Crippen LogP contribution in [0.1, 0.15) is 16.7 Å². The second kappa shape index (κ2) is 3.51. The zero-order chi connectivity index (χ0) is 11.0. The Hall–Kier alpha value is -1.61. The van der Waals surface area contributed by atoms with Crippen molar-refractivity contribution in [3.63, 3.8) is 0 Å². The first-order valence-electron chi connectivity index (χ1n) is 4.95. The smallest absolute Gasteiger partial charge is 0.252 e. The minimum atomic E-state index is -0.0845. The number of pyridine rings is 1. The summed E-state index contributed by atoms with van der Waals surface area (Å²) in [5.41, 5.74) is 9.25. The molecule has 0 saturated carbocycles. The molecule has 0 spiro atoms. The normalized spacial score (nSPS) is 10.9. The predicted octanol–water partition coefficient (Wildman–Crippen LogP) is 1.60. The molecule has 1 aromatic heterocycles. The SMILES string of the molecule is Cc1ccc2cc(CN)c(=O)[nH]c2c1C. The number of H-pyrrole nitrogens is 1. The van der Waals surface area contributed by atoms with Crippen LogP contribution in [0, 0.1) is 13.8 Å². The molecule has 2 rings (SSSR count). The van der Waals surface area contributed by atoms with Crippen molar-refractivity contribution in [3.05, 3.63) is 45.2 Å². The van der Waals surface area contributed by atoms with Crippen molar-refractivity contribution in [2.24, 2.45) is 5.73 Å². The summed E-state index contributed by atoms with van der Waals surface area (Å²) in [5.74, 6) is 0. The molecule has 0 atom stereocenters. The van der Waals surface area contributed by atoms with E-state index in [1.807, 2.05) is 26.0 Å². The zero-order valence-electron chi connectivity index (χ0n) is 8.92. The fourth-order valence-electron chi connectivity index (χ4n) is 1.72.